The molecule has 0 bridgehead atoms. The molecule has 0 unspecified atom stereocenters. The predicted octanol–water partition coefficient (Wildman–Crippen LogP) is 4.37. The van der Waals surface area contributed by atoms with Gasteiger partial charge in [0.25, 0.3) is 0 Å². The number of thiazole rings is 1. The zero-order valence-electron chi connectivity index (χ0n) is 13.6. The Morgan fingerprint density at radius 3 is 2.58 bits per heavy atom. The Balaban J connectivity index is 1.76. The van der Waals surface area contributed by atoms with E-state index < -0.39 is 5.60 Å². The van der Waals surface area contributed by atoms with Crippen LogP contribution in [-0.2, 0) is 6.54 Å². The molecule has 2 aromatic heterocycles. The topological polar surface area (TPSA) is 50.9 Å². The highest BCUT2D eigenvalue weighted by Gasteiger charge is 2.31. The molecule has 3 aromatic rings. The minimum Gasteiger partial charge on any atom is -0.388 e. The Hall–Kier alpha value is -1.98. The van der Waals surface area contributed by atoms with Crippen molar-refractivity contribution in [2.24, 2.45) is 0 Å². The Morgan fingerprint density at radius 1 is 1.08 bits per heavy atom. The standard InChI is InChI=1S/C19H21N3OS/c23-19(9-5-2-6-10-19)13-22-14-21-16(15-7-3-1-4-8-15)17(22)18-20-11-12-24-18/h1,3-4,7-8,11-12,14,23H,2,5-6,9-10,13H2. The van der Waals surface area contributed by atoms with Gasteiger partial charge in [-0.05, 0) is 12.8 Å². The summed E-state index contributed by atoms with van der Waals surface area (Å²) in [4.78, 5) is 9.15. The summed E-state index contributed by atoms with van der Waals surface area (Å²) in [5.41, 5.74) is 2.40. The molecule has 0 radical (unpaired) electrons. The quantitative estimate of drug-likeness (QED) is 0.768. The number of aromatic nitrogens is 3. The third kappa shape index (κ3) is 3.01. The van der Waals surface area contributed by atoms with Gasteiger partial charge in [-0.3, -0.25) is 0 Å². The van der Waals surface area contributed by atoms with E-state index in [-0.39, 0.29) is 0 Å². The van der Waals surface area contributed by atoms with Crippen LogP contribution in [0.25, 0.3) is 22.0 Å². The summed E-state index contributed by atoms with van der Waals surface area (Å²) >= 11 is 1.61. The van der Waals surface area contributed by atoms with Crippen LogP contribution in [0.5, 0.6) is 0 Å². The van der Waals surface area contributed by atoms with Crippen LogP contribution in [0.3, 0.4) is 0 Å². The van der Waals surface area contributed by atoms with Crippen molar-refractivity contribution in [1.29, 1.82) is 0 Å². The molecular weight excluding hydrogens is 318 g/mol. The van der Waals surface area contributed by atoms with Crippen molar-refractivity contribution in [3.05, 3.63) is 48.2 Å². The molecule has 24 heavy (non-hydrogen) atoms. The lowest BCUT2D eigenvalue weighted by Crippen LogP contribution is -2.36. The van der Waals surface area contributed by atoms with Crippen molar-refractivity contribution in [2.45, 2.75) is 44.2 Å². The Bertz CT molecular complexity index is 789. The van der Waals surface area contributed by atoms with Crippen molar-refractivity contribution in [1.82, 2.24) is 14.5 Å². The maximum atomic E-state index is 11.0. The van der Waals surface area contributed by atoms with E-state index in [0.29, 0.717) is 6.54 Å². The smallest absolute Gasteiger partial charge is 0.142 e. The number of hydrogen-bond donors (Lipinski definition) is 1. The number of benzene rings is 1. The first-order valence-corrected chi connectivity index (χ1v) is 9.36. The first-order chi connectivity index (χ1) is 11.8. The summed E-state index contributed by atoms with van der Waals surface area (Å²) in [5.74, 6) is 0. The average molecular weight is 339 g/mol. The molecule has 5 heteroatoms. The lowest BCUT2D eigenvalue weighted by atomic mass is 9.85. The maximum Gasteiger partial charge on any atom is 0.142 e. The fraction of sp³-hybridized carbons (Fsp3) is 0.368. The molecule has 0 atom stereocenters. The molecular formula is C19H21N3OS. The van der Waals surface area contributed by atoms with Crippen molar-refractivity contribution in [2.75, 3.05) is 0 Å². The third-order valence-corrected chi connectivity index (χ3v) is 5.55. The molecule has 0 aliphatic heterocycles. The number of aliphatic hydroxyl groups is 1. The van der Waals surface area contributed by atoms with Crippen molar-refractivity contribution >= 4 is 11.3 Å². The summed E-state index contributed by atoms with van der Waals surface area (Å²) in [5, 5.41) is 13.9. The van der Waals surface area contributed by atoms with Crippen molar-refractivity contribution in [3.8, 4) is 22.0 Å². The first-order valence-electron chi connectivity index (χ1n) is 8.48. The van der Waals surface area contributed by atoms with Crippen LogP contribution >= 0.6 is 11.3 Å². The highest BCUT2D eigenvalue weighted by Crippen LogP contribution is 2.35. The zero-order chi connectivity index (χ0) is 16.4. The lowest BCUT2D eigenvalue weighted by molar-refractivity contribution is -0.0111. The van der Waals surface area contributed by atoms with Crippen LogP contribution in [0.15, 0.2) is 48.2 Å². The molecule has 2 heterocycles. The molecule has 1 aliphatic carbocycles. The van der Waals surface area contributed by atoms with E-state index in [1.807, 2.05) is 36.1 Å². The van der Waals surface area contributed by atoms with E-state index in [0.717, 1.165) is 47.6 Å². The van der Waals surface area contributed by atoms with Gasteiger partial charge in [-0.1, -0.05) is 49.6 Å². The minimum absolute atomic E-state index is 0.585. The molecule has 1 fully saturated rings. The Labute approximate surface area is 145 Å². The highest BCUT2D eigenvalue weighted by molar-refractivity contribution is 7.13. The lowest BCUT2D eigenvalue weighted by Gasteiger charge is -2.32. The summed E-state index contributed by atoms with van der Waals surface area (Å²) in [6.07, 6.45) is 8.83. The average Bonchev–Trinajstić information content (AvgIpc) is 3.25. The van der Waals surface area contributed by atoms with Crippen LogP contribution in [-0.4, -0.2) is 25.2 Å². The molecule has 124 valence electrons. The second kappa shape index (κ2) is 6.49. The first kappa shape index (κ1) is 15.5. The highest BCUT2D eigenvalue weighted by atomic mass is 32.1. The second-order valence-electron chi connectivity index (χ2n) is 6.56. The summed E-state index contributed by atoms with van der Waals surface area (Å²) in [6.45, 7) is 0.585. The van der Waals surface area contributed by atoms with Gasteiger partial charge in [0.2, 0.25) is 0 Å². The molecule has 0 saturated heterocycles. The van der Waals surface area contributed by atoms with Crippen LogP contribution in [0.4, 0.5) is 0 Å². The van der Waals surface area contributed by atoms with Crippen LogP contribution in [0.1, 0.15) is 32.1 Å². The normalized spacial score (nSPS) is 17.0. The SMILES string of the molecule is OC1(Cn2cnc(-c3ccccc3)c2-c2nccs2)CCCCC1. The fourth-order valence-electron chi connectivity index (χ4n) is 3.56. The Kier molecular flexibility index (Phi) is 4.21. The summed E-state index contributed by atoms with van der Waals surface area (Å²) < 4.78 is 2.09. The number of imidazole rings is 1. The van der Waals surface area contributed by atoms with Crippen LogP contribution in [0.2, 0.25) is 0 Å². The molecule has 0 amide bonds. The van der Waals surface area contributed by atoms with E-state index in [2.05, 4.69) is 26.7 Å². The van der Waals surface area contributed by atoms with Gasteiger partial charge in [-0.2, -0.15) is 0 Å². The van der Waals surface area contributed by atoms with E-state index in [1.54, 1.807) is 11.3 Å². The largest absolute Gasteiger partial charge is 0.388 e. The van der Waals surface area contributed by atoms with E-state index in [4.69, 9.17) is 0 Å². The van der Waals surface area contributed by atoms with Gasteiger partial charge in [-0.25, -0.2) is 9.97 Å². The predicted molar refractivity (Wildman–Crippen MR) is 96.8 cm³/mol. The van der Waals surface area contributed by atoms with Crippen LogP contribution < -0.4 is 0 Å². The van der Waals surface area contributed by atoms with Gasteiger partial charge < -0.3 is 9.67 Å². The molecule has 1 aliphatic rings. The molecule has 1 saturated carbocycles. The van der Waals surface area contributed by atoms with Gasteiger partial charge in [-0.15, -0.1) is 11.3 Å². The van der Waals surface area contributed by atoms with Crippen molar-refractivity contribution < 1.29 is 5.11 Å². The third-order valence-electron chi connectivity index (χ3n) is 4.77. The molecule has 1 aromatic carbocycles. The monoisotopic (exact) mass is 339 g/mol. The summed E-state index contributed by atoms with van der Waals surface area (Å²) in [7, 11) is 0. The van der Waals surface area contributed by atoms with E-state index >= 15 is 0 Å². The minimum atomic E-state index is -0.626. The van der Waals surface area contributed by atoms with Gasteiger partial charge in [0.15, 0.2) is 0 Å². The number of nitrogens with zero attached hydrogens (tertiary/aromatic N) is 3. The molecule has 4 nitrogen and oxygen atoms in total. The fourth-order valence-corrected chi connectivity index (χ4v) is 4.26. The maximum absolute atomic E-state index is 11.0. The zero-order valence-corrected chi connectivity index (χ0v) is 14.4. The van der Waals surface area contributed by atoms with E-state index in [9.17, 15) is 5.11 Å². The van der Waals surface area contributed by atoms with Gasteiger partial charge in [0, 0.05) is 17.1 Å². The summed E-state index contributed by atoms with van der Waals surface area (Å²) in [6, 6.07) is 10.2. The molecule has 4 rings (SSSR count). The van der Waals surface area contributed by atoms with Crippen molar-refractivity contribution in [3.63, 3.8) is 0 Å². The van der Waals surface area contributed by atoms with E-state index in [1.165, 1.54) is 6.42 Å². The van der Waals surface area contributed by atoms with Gasteiger partial charge in [0.05, 0.1) is 24.2 Å². The number of hydrogen-bond acceptors (Lipinski definition) is 4. The second-order valence-corrected chi connectivity index (χ2v) is 7.45. The Morgan fingerprint density at radius 2 is 1.88 bits per heavy atom. The van der Waals surface area contributed by atoms with Gasteiger partial charge >= 0.3 is 0 Å². The van der Waals surface area contributed by atoms with Gasteiger partial charge in [0.1, 0.15) is 10.7 Å². The molecule has 0 spiro atoms. The number of rotatable bonds is 4. The van der Waals surface area contributed by atoms with Crippen LogP contribution in [0, 0.1) is 0 Å². The molecule has 1 N–H and O–H groups in total.